The van der Waals surface area contributed by atoms with Gasteiger partial charge in [0.25, 0.3) is 0 Å². The Balaban J connectivity index is 2.24. The fraction of sp³-hybridized carbons (Fsp3) is 0.211. The number of rotatable bonds is 7. The van der Waals surface area contributed by atoms with Crippen LogP contribution >= 0.6 is 0 Å². The van der Waals surface area contributed by atoms with Crippen LogP contribution in [0.3, 0.4) is 0 Å². The number of hydrogen-bond donors (Lipinski definition) is 1. The van der Waals surface area contributed by atoms with Gasteiger partial charge in [-0.2, -0.15) is 4.72 Å². The summed E-state index contributed by atoms with van der Waals surface area (Å²) in [5.41, 5.74) is 1.40. The van der Waals surface area contributed by atoms with Gasteiger partial charge in [-0.05, 0) is 43.2 Å². The average Bonchev–Trinajstić information content (AvgIpc) is 2.62. The summed E-state index contributed by atoms with van der Waals surface area (Å²) in [6.45, 7) is 1.84. The van der Waals surface area contributed by atoms with Gasteiger partial charge in [0.05, 0.1) is 11.5 Å². The maximum absolute atomic E-state index is 12.6. The Morgan fingerprint density at radius 1 is 1.16 bits per heavy atom. The van der Waals surface area contributed by atoms with Crippen molar-refractivity contribution < 1.29 is 17.9 Å². The van der Waals surface area contributed by atoms with Crippen molar-refractivity contribution in [2.24, 2.45) is 0 Å². The number of esters is 1. The van der Waals surface area contributed by atoms with Crippen molar-refractivity contribution in [3.63, 3.8) is 0 Å². The Kier molecular flexibility index (Phi) is 6.34. The van der Waals surface area contributed by atoms with Crippen molar-refractivity contribution in [3.05, 3.63) is 65.7 Å². The van der Waals surface area contributed by atoms with Crippen LogP contribution in [0.25, 0.3) is 0 Å². The Morgan fingerprint density at radius 2 is 1.80 bits per heavy atom. The molecule has 5 nitrogen and oxygen atoms in total. The number of sulfonamides is 1. The molecule has 0 unspecified atom stereocenters. The highest BCUT2D eigenvalue weighted by Gasteiger charge is 2.27. The van der Waals surface area contributed by atoms with E-state index in [2.05, 4.69) is 10.6 Å². The molecule has 0 saturated carbocycles. The van der Waals surface area contributed by atoms with E-state index in [4.69, 9.17) is 11.2 Å². The van der Waals surface area contributed by atoms with Gasteiger partial charge in [0.2, 0.25) is 10.0 Å². The molecule has 0 amide bonds. The molecule has 6 heteroatoms. The first-order valence-corrected chi connectivity index (χ1v) is 9.24. The Bertz CT molecular complexity index is 853. The minimum absolute atomic E-state index is 0.0360. The van der Waals surface area contributed by atoms with Gasteiger partial charge in [-0.3, -0.25) is 4.79 Å². The van der Waals surface area contributed by atoms with Crippen molar-refractivity contribution in [1.29, 1.82) is 0 Å². The van der Waals surface area contributed by atoms with Gasteiger partial charge in [-0.25, -0.2) is 8.42 Å². The normalized spacial score (nSPS) is 12.2. The van der Waals surface area contributed by atoms with Crippen LogP contribution in [0.15, 0.2) is 59.5 Å². The lowest BCUT2D eigenvalue weighted by molar-refractivity contribution is -0.145. The molecule has 1 N–H and O–H groups in total. The predicted octanol–water partition coefficient (Wildman–Crippen LogP) is 2.12. The summed E-state index contributed by atoms with van der Waals surface area (Å²) in [5.74, 6) is 1.81. The lowest BCUT2D eigenvalue weighted by atomic mass is 10.1. The molecule has 130 valence electrons. The second-order valence-corrected chi connectivity index (χ2v) is 7.00. The molecule has 0 fully saturated rings. The number of carbonyl (C=O) groups excluding carboxylic acids is 1. The standard InChI is InChI=1S/C19H19NO4S/c1-3-15-10-12-17(13-11-15)25(22,23)20-18(19(21)24-4-2)14-16-8-6-5-7-9-16/h1,5-13,18,20H,4,14H2,2H3/t18-/m0/s1. The van der Waals surface area contributed by atoms with Crippen LogP contribution in [0.2, 0.25) is 0 Å². The summed E-state index contributed by atoms with van der Waals surface area (Å²) in [5, 5.41) is 0. The molecule has 0 aliphatic rings. The quantitative estimate of drug-likeness (QED) is 0.609. The first kappa shape index (κ1) is 18.7. The molecule has 2 rings (SSSR count). The summed E-state index contributed by atoms with van der Waals surface area (Å²) in [6, 6.07) is 14.0. The molecule has 0 aliphatic heterocycles. The number of ether oxygens (including phenoxy) is 1. The van der Waals surface area contributed by atoms with Crippen LogP contribution in [-0.4, -0.2) is 27.0 Å². The molecular formula is C19H19NO4S. The molecular weight excluding hydrogens is 338 g/mol. The summed E-state index contributed by atoms with van der Waals surface area (Å²) in [4.78, 5) is 12.2. The minimum atomic E-state index is -3.89. The van der Waals surface area contributed by atoms with Crippen molar-refractivity contribution in [2.75, 3.05) is 6.61 Å². The van der Waals surface area contributed by atoms with Gasteiger partial charge in [-0.1, -0.05) is 36.3 Å². The van der Waals surface area contributed by atoms with E-state index in [1.165, 1.54) is 24.3 Å². The number of hydrogen-bond acceptors (Lipinski definition) is 4. The number of nitrogens with one attached hydrogen (secondary N) is 1. The Labute approximate surface area is 148 Å². The van der Waals surface area contributed by atoms with Gasteiger partial charge in [0.15, 0.2) is 0 Å². The van der Waals surface area contributed by atoms with Gasteiger partial charge >= 0.3 is 5.97 Å². The second kappa shape index (κ2) is 8.47. The zero-order chi connectivity index (χ0) is 18.3. The van der Waals surface area contributed by atoms with Crippen LogP contribution in [0.1, 0.15) is 18.1 Å². The van der Waals surface area contributed by atoms with E-state index < -0.39 is 22.0 Å². The van der Waals surface area contributed by atoms with Crippen molar-refractivity contribution in [3.8, 4) is 12.3 Å². The van der Waals surface area contributed by atoms with Gasteiger partial charge < -0.3 is 4.74 Å². The molecule has 0 aliphatic carbocycles. The molecule has 2 aromatic carbocycles. The van der Waals surface area contributed by atoms with Crippen LogP contribution in [0, 0.1) is 12.3 Å². The third-order valence-corrected chi connectivity index (χ3v) is 4.97. The lowest BCUT2D eigenvalue weighted by Crippen LogP contribution is -2.43. The largest absolute Gasteiger partial charge is 0.465 e. The van der Waals surface area contributed by atoms with E-state index in [0.717, 1.165) is 5.56 Å². The number of carbonyl (C=O) groups is 1. The molecule has 0 bridgehead atoms. The summed E-state index contributed by atoms with van der Waals surface area (Å²) >= 11 is 0. The molecule has 0 radical (unpaired) electrons. The highest BCUT2D eigenvalue weighted by Crippen LogP contribution is 2.13. The smallest absolute Gasteiger partial charge is 0.324 e. The van der Waals surface area contributed by atoms with Crippen LogP contribution in [0.4, 0.5) is 0 Å². The van der Waals surface area contributed by atoms with Gasteiger partial charge in [0, 0.05) is 5.56 Å². The summed E-state index contributed by atoms with van der Waals surface area (Å²) in [7, 11) is -3.89. The fourth-order valence-corrected chi connectivity index (χ4v) is 3.44. The van der Waals surface area contributed by atoms with Crippen molar-refractivity contribution >= 4 is 16.0 Å². The predicted molar refractivity (Wildman–Crippen MR) is 95.3 cm³/mol. The first-order chi connectivity index (χ1) is 12.0. The number of terminal acetylenes is 1. The second-order valence-electron chi connectivity index (χ2n) is 5.28. The van der Waals surface area contributed by atoms with E-state index >= 15 is 0 Å². The molecule has 1 atom stereocenters. The molecule has 0 saturated heterocycles. The Hall–Kier alpha value is -2.62. The van der Waals surface area contributed by atoms with Crippen molar-refractivity contribution in [2.45, 2.75) is 24.3 Å². The third-order valence-electron chi connectivity index (χ3n) is 3.48. The van der Waals surface area contributed by atoms with Crippen LogP contribution < -0.4 is 4.72 Å². The van der Waals surface area contributed by atoms with Gasteiger partial charge in [0.1, 0.15) is 6.04 Å². The summed E-state index contributed by atoms with van der Waals surface area (Å²) < 4.78 is 32.6. The fourth-order valence-electron chi connectivity index (χ4n) is 2.25. The maximum Gasteiger partial charge on any atom is 0.324 e. The minimum Gasteiger partial charge on any atom is -0.465 e. The molecule has 25 heavy (non-hydrogen) atoms. The highest BCUT2D eigenvalue weighted by molar-refractivity contribution is 7.89. The average molecular weight is 357 g/mol. The maximum atomic E-state index is 12.6. The monoisotopic (exact) mass is 357 g/mol. The highest BCUT2D eigenvalue weighted by atomic mass is 32.2. The number of benzene rings is 2. The van der Waals surface area contributed by atoms with Crippen LogP contribution in [-0.2, 0) is 26.0 Å². The topological polar surface area (TPSA) is 72.5 Å². The molecule has 0 heterocycles. The zero-order valence-corrected chi connectivity index (χ0v) is 14.6. The van der Waals surface area contributed by atoms with Crippen molar-refractivity contribution in [1.82, 2.24) is 4.72 Å². The van der Waals surface area contributed by atoms with Gasteiger partial charge in [-0.15, -0.1) is 6.42 Å². The Morgan fingerprint density at radius 3 is 2.36 bits per heavy atom. The van der Waals surface area contributed by atoms with Crippen LogP contribution in [0.5, 0.6) is 0 Å². The molecule has 2 aromatic rings. The van der Waals surface area contributed by atoms with E-state index in [1.54, 1.807) is 6.92 Å². The molecule has 0 spiro atoms. The summed E-state index contributed by atoms with van der Waals surface area (Å²) in [6.07, 6.45) is 5.47. The SMILES string of the molecule is C#Cc1ccc(S(=O)(=O)N[C@@H](Cc2ccccc2)C(=O)OCC)cc1. The molecule has 0 aromatic heterocycles. The van der Waals surface area contributed by atoms with E-state index in [1.807, 2.05) is 30.3 Å². The van der Waals surface area contributed by atoms with E-state index in [0.29, 0.717) is 5.56 Å². The third kappa shape index (κ3) is 5.18. The van der Waals surface area contributed by atoms with E-state index in [-0.39, 0.29) is 17.9 Å². The first-order valence-electron chi connectivity index (χ1n) is 7.76. The zero-order valence-electron chi connectivity index (χ0n) is 13.8. The van der Waals surface area contributed by atoms with E-state index in [9.17, 15) is 13.2 Å². The lowest BCUT2D eigenvalue weighted by Gasteiger charge is -2.17.